The zero-order valence-corrected chi connectivity index (χ0v) is 13.9. The quantitative estimate of drug-likeness (QED) is 0.936. The number of rotatable bonds is 4. The molecule has 1 saturated carbocycles. The van der Waals surface area contributed by atoms with Gasteiger partial charge in [-0.05, 0) is 25.0 Å². The predicted octanol–water partition coefficient (Wildman–Crippen LogP) is 2.23. The molecule has 4 rings (SSSR count). The van der Waals surface area contributed by atoms with Crippen LogP contribution in [0.2, 0.25) is 0 Å². The molecule has 24 heavy (non-hydrogen) atoms. The number of ether oxygens (including phenoxy) is 1. The van der Waals surface area contributed by atoms with Crippen LogP contribution in [0.3, 0.4) is 0 Å². The van der Waals surface area contributed by atoms with Gasteiger partial charge in [0.05, 0.1) is 31.2 Å². The van der Waals surface area contributed by atoms with Gasteiger partial charge in [0.15, 0.2) is 0 Å². The highest BCUT2D eigenvalue weighted by molar-refractivity contribution is 5.30. The van der Waals surface area contributed by atoms with E-state index in [1.54, 1.807) is 0 Å². The minimum Gasteiger partial charge on any atom is -0.393 e. The van der Waals surface area contributed by atoms with Crippen molar-refractivity contribution in [2.45, 2.75) is 38.0 Å². The Bertz CT molecular complexity index is 658. The van der Waals surface area contributed by atoms with Crippen LogP contribution in [0.5, 0.6) is 0 Å². The van der Waals surface area contributed by atoms with Crippen molar-refractivity contribution in [1.82, 2.24) is 14.7 Å². The van der Waals surface area contributed by atoms with Crippen LogP contribution in [0.15, 0.2) is 42.7 Å². The smallest absolute Gasteiger partial charge is 0.0645 e. The van der Waals surface area contributed by atoms with Crippen LogP contribution in [0, 0.1) is 5.92 Å². The molecule has 0 bridgehead atoms. The van der Waals surface area contributed by atoms with Gasteiger partial charge in [-0.2, -0.15) is 5.10 Å². The summed E-state index contributed by atoms with van der Waals surface area (Å²) in [5, 5.41) is 14.8. The third-order valence-electron chi connectivity index (χ3n) is 5.35. The molecule has 3 atom stereocenters. The number of para-hydroxylation sites is 1. The van der Waals surface area contributed by atoms with Crippen molar-refractivity contribution in [3.05, 3.63) is 48.3 Å². The number of hydrogen-bond acceptors (Lipinski definition) is 4. The van der Waals surface area contributed by atoms with Crippen LogP contribution in [0.1, 0.15) is 24.8 Å². The van der Waals surface area contributed by atoms with Gasteiger partial charge >= 0.3 is 0 Å². The zero-order valence-electron chi connectivity index (χ0n) is 13.9. The van der Waals surface area contributed by atoms with Gasteiger partial charge in [-0.15, -0.1) is 0 Å². The molecule has 2 aliphatic rings. The number of nitrogens with zero attached hydrogens (tertiary/aromatic N) is 3. The number of morpholine rings is 1. The average molecular weight is 327 g/mol. The molecule has 1 saturated heterocycles. The molecule has 2 fully saturated rings. The molecule has 0 radical (unpaired) electrons. The molecule has 1 N–H and O–H groups in total. The first-order valence-corrected chi connectivity index (χ1v) is 8.90. The van der Waals surface area contributed by atoms with E-state index < -0.39 is 0 Å². The van der Waals surface area contributed by atoms with E-state index in [0.29, 0.717) is 12.0 Å². The van der Waals surface area contributed by atoms with Crippen LogP contribution >= 0.6 is 0 Å². The van der Waals surface area contributed by atoms with Crippen molar-refractivity contribution in [2.24, 2.45) is 5.92 Å². The molecule has 1 aromatic carbocycles. The first kappa shape index (κ1) is 15.8. The van der Waals surface area contributed by atoms with Crippen molar-refractivity contribution < 1.29 is 9.84 Å². The summed E-state index contributed by atoms with van der Waals surface area (Å²) >= 11 is 0. The van der Waals surface area contributed by atoms with Crippen LogP contribution < -0.4 is 0 Å². The van der Waals surface area contributed by atoms with Crippen LogP contribution in [-0.4, -0.2) is 51.7 Å². The fourth-order valence-corrected chi connectivity index (χ4v) is 4.06. The summed E-state index contributed by atoms with van der Waals surface area (Å²) in [4.78, 5) is 2.47. The molecule has 2 heterocycles. The molecule has 5 heteroatoms. The molecule has 1 aliphatic heterocycles. The Morgan fingerprint density at radius 2 is 2.08 bits per heavy atom. The number of aliphatic hydroxyl groups is 1. The standard InChI is InChI=1S/C19H25N3O2/c23-19-8-4-7-17(19)18-14-24-10-9-21(18)12-15-11-20-22(13-15)16-5-2-1-3-6-16/h1-3,5-6,11,13,17-19,23H,4,7-10,12,14H2. The highest BCUT2D eigenvalue weighted by atomic mass is 16.5. The molecule has 128 valence electrons. The van der Waals surface area contributed by atoms with E-state index in [4.69, 9.17) is 4.74 Å². The third-order valence-corrected chi connectivity index (χ3v) is 5.35. The van der Waals surface area contributed by atoms with Gasteiger partial charge in [-0.25, -0.2) is 4.68 Å². The van der Waals surface area contributed by atoms with Crippen molar-refractivity contribution >= 4 is 0 Å². The fraction of sp³-hybridized carbons (Fsp3) is 0.526. The highest BCUT2D eigenvalue weighted by Crippen LogP contribution is 2.32. The SMILES string of the molecule is OC1CCCC1C1COCCN1Cc1cnn(-c2ccccc2)c1. The minimum absolute atomic E-state index is 0.175. The summed E-state index contributed by atoms with van der Waals surface area (Å²) in [5.41, 5.74) is 2.28. The lowest BCUT2D eigenvalue weighted by Crippen LogP contribution is -2.50. The van der Waals surface area contributed by atoms with Gasteiger partial charge in [-0.3, -0.25) is 4.90 Å². The van der Waals surface area contributed by atoms with Crippen molar-refractivity contribution in [3.63, 3.8) is 0 Å². The van der Waals surface area contributed by atoms with Crippen LogP contribution in [-0.2, 0) is 11.3 Å². The minimum atomic E-state index is -0.175. The van der Waals surface area contributed by atoms with E-state index in [1.165, 1.54) is 5.56 Å². The van der Waals surface area contributed by atoms with Crippen LogP contribution in [0.4, 0.5) is 0 Å². The lowest BCUT2D eigenvalue weighted by Gasteiger charge is -2.39. The van der Waals surface area contributed by atoms with Gasteiger partial charge in [0.25, 0.3) is 0 Å². The molecule has 3 unspecified atom stereocenters. The molecule has 1 aromatic heterocycles. The highest BCUT2D eigenvalue weighted by Gasteiger charge is 2.37. The van der Waals surface area contributed by atoms with Crippen LogP contribution in [0.25, 0.3) is 5.69 Å². The monoisotopic (exact) mass is 327 g/mol. The summed E-state index contributed by atoms with van der Waals surface area (Å²) in [5.74, 6) is 0.342. The van der Waals surface area contributed by atoms with Gasteiger partial charge < -0.3 is 9.84 Å². The summed E-state index contributed by atoms with van der Waals surface area (Å²) < 4.78 is 7.64. The van der Waals surface area contributed by atoms with E-state index in [9.17, 15) is 5.11 Å². The Balaban J connectivity index is 1.48. The summed E-state index contributed by atoms with van der Waals surface area (Å²) in [6.45, 7) is 3.29. The van der Waals surface area contributed by atoms with E-state index in [1.807, 2.05) is 29.1 Å². The Labute approximate surface area is 142 Å². The third kappa shape index (κ3) is 3.24. The Kier molecular flexibility index (Phi) is 4.65. The topological polar surface area (TPSA) is 50.5 Å². The zero-order chi connectivity index (χ0) is 16.4. The maximum absolute atomic E-state index is 10.3. The lowest BCUT2D eigenvalue weighted by molar-refractivity contribution is -0.0536. The van der Waals surface area contributed by atoms with Gasteiger partial charge in [0.1, 0.15) is 0 Å². The van der Waals surface area contributed by atoms with Crippen molar-refractivity contribution in [3.8, 4) is 5.69 Å². The normalized spacial score (nSPS) is 28.3. The molecular weight excluding hydrogens is 302 g/mol. The number of aromatic nitrogens is 2. The Hall–Kier alpha value is -1.69. The molecule has 2 aromatic rings. The molecule has 5 nitrogen and oxygen atoms in total. The first-order chi connectivity index (χ1) is 11.8. The summed E-state index contributed by atoms with van der Waals surface area (Å²) in [7, 11) is 0. The van der Waals surface area contributed by atoms with E-state index in [2.05, 4.69) is 28.3 Å². The number of aliphatic hydroxyl groups excluding tert-OH is 1. The molecule has 0 spiro atoms. The van der Waals surface area contributed by atoms with E-state index in [-0.39, 0.29) is 6.10 Å². The molecule has 0 amide bonds. The average Bonchev–Trinajstić information content (AvgIpc) is 3.25. The van der Waals surface area contributed by atoms with E-state index in [0.717, 1.165) is 51.3 Å². The maximum atomic E-state index is 10.3. The number of hydrogen-bond donors (Lipinski definition) is 1. The first-order valence-electron chi connectivity index (χ1n) is 8.90. The predicted molar refractivity (Wildman–Crippen MR) is 91.9 cm³/mol. The van der Waals surface area contributed by atoms with Gasteiger partial charge in [0.2, 0.25) is 0 Å². The lowest BCUT2D eigenvalue weighted by atomic mass is 9.94. The Morgan fingerprint density at radius 3 is 2.88 bits per heavy atom. The van der Waals surface area contributed by atoms with Crippen molar-refractivity contribution in [1.29, 1.82) is 0 Å². The molecule has 1 aliphatic carbocycles. The Morgan fingerprint density at radius 1 is 1.21 bits per heavy atom. The fourth-order valence-electron chi connectivity index (χ4n) is 4.06. The second kappa shape index (κ2) is 7.05. The number of benzene rings is 1. The second-order valence-electron chi connectivity index (χ2n) is 6.90. The maximum Gasteiger partial charge on any atom is 0.0645 e. The van der Waals surface area contributed by atoms with Crippen molar-refractivity contribution in [2.75, 3.05) is 19.8 Å². The van der Waals surface area contributed by atoms with E-state index >= 15 is 0 Å². The second-order valence-corrected chi connectivity index (χ2v) is 6.90. The largest absolute Gasteiger partial charge is 0.393 e. The summed E-state index contributed by atoms with van der Waals surface area (Å²) in [6, 6.07) is 10.5. The summed E-state index contributed by atoms with van der Waals surface area (Å²) in [6.07, 6.45) is 7.04. The molecular formula is C19H25N3O2. The van der Waals surface area contributed by atoms with Gasteiger partial charge in [0, 0.05) is 36.8 Å². The van der Waals surface area contributed by atoms with Gasteiger partial charge in [-0.1, -0.05) is 24.6 Å².